The molecule has 0 atom stereocenters. The summed E-state index contributed by atoms with van der Waals surface area (Å²) >= 11 is 10.8. The van der Waals surface area contributed by atoms with Gasteiger partial charge in [-0.15, -0.1) is 0 Å². The van der Waals surface area contributed by atoms with Crippen LogP contribution in [0.25, 0.3) is 0 Å². The summed E-state index contributed by atoms with van der Waals surface area (Å²) in [5.41, 5.74) is 5.07. The van der Waals surface area contributed by atoms with E-state index >= 15 is 0 Å². The maximum absolute atomic E-state index is 11.6. The van der Waals surface area contributed by atoms with Crippen molar-refractivity contribution in [3.63, 3.8) is 0 Å². The van der Waals surface area contributed by atoms with Gasteiger partial charge in [0.1, 0.15) is 5.75 Å². The molecule has 21 heavy (non-hydrogen) atoms. The number of hydrazine groups is 1. The van der Waals surface area contributed by atoms with Crippen LogP contribution in [-0.2, 0) is 4.79 Å². The van der Waals surface area contributed by atoms with Gasteiger partial charge in [0.2, 0.25) is 0 Å². The van der Waals surface area contributed by atoms with Crippen LogP contribution in [0.1, 0.15) is 20.3 Å². The summed E-state index contributed by atoms with van der Waals surface area (Å²) in [5.74, 6) is 0.805. The zero-order valence-electron chi connectivity index (χ0n) is 12.1. The number of carbonyl (C=O) groups is 1. The highest BCUT2D eigenvalue weighted by Gasteiger charge is 2.04. The SMILES string of the molecule is CC(C)CCNC(=S)NNC(=O)COc1cccc(Cl)c1. The first-order valence-electron chi connectivity index (χ1n) is 6.68. The molecule has 0 saturated carbocycles. The number of thiocarbonyl (C=S) groups is 1. The van der Waals surface area contributed by atoms with Crippen LogP contribution in [0, 0.1) is 5.92 Å². The topological polar surface area (TPSA) is 62.4 Å². The molecular formula is C14H20ClN3O2S. The van der Waals surface area contributed by atoms with Gasteiger partial charge in [-0.25, -0.2) is 0 Å². The average Bonchev–Trinajstić information content (AvgIpc) is 2.42. The highest BCUT2D eigenvalue weighted by Crippen LogP contribution is 2.16. The molecule has 0 aliphatic carbocycles. The Balaban J connectivity index is 2.17. The maximum atomic E-state index is 11.6. The van der Waals surface area contributed by atoms with Crippen molar-refractivity contribution in [2.24, 2.45) is 5.92 Å². The number of carbonyl (C=O) groups excluding carboxylic acids is 1. The van der Waals surface area contributed by atoms with Gasteiger partial charge >= 0.3 is 0 Å². The predicted octanol–water partition coefficient (Wildman–Crippen LogP) is 2.26. The smallest absolute Gasteiger partial charge is 0.276 e. The first-order chi connectivity index (χ1) is 9.97. The fourth-order valence-electron chi connectivity index (χ4n) is 1.39. The van der Waals surface area contributed by atoms with Crippen molar-refractivity contribution in [3.8, 4) is 5.75 Å². The number of hydrogen-bond acceptors (Lipinski definition) is 3. The van der Waals surface area contributed by atoms with Crippen molar-refractivity contribution in [1.29, 1.82) is 0 Å². The molecule has 5 nitrogen and oxygen atoms in total. The van der Waals surface area contributed by atoms with E-state index in [0.717, 1.165) is 13.0 Å². The van der Waals surface area contributed by atoms with E-state index in [4.69, 9.17) is 28.6 Å². The second-order valence-electron chi connectivity index (χ2n) is 4.86. The van der Waals surface area contributed by atoms with Crippen LogP contribution < -0.4 is 20.9 Å². The van der Waals surface area contributed by atoms with Crippen LogP contribution in [0.15, 0.2) is 24.3 Å². The Bertz CT molecular complexity index is 483. The predicted molar refractivity (Wildman–Crippen MR) is 88.3 cm³/mol. The third-order valence-corrected chi connectivity index (χ3v) is 2.97. The van der Waals surface area contributed by atoms with Crippen LogP contribution in [0.3, 0.4) is 0 Å². The minimum Gasteiger partial charge on any atom is -0.484 e. The van der Waals surface area contributed by atoms with E-state index in [-0.39, 0.29) is 12.5 Å². The van der Waals surface area contributed by atoms with E-state index in [9.17, 15) is 4.79 Å². The standard InChI is InChI=1S/C14H20ClN3O2S/c1-10(2)6-7-16-14(21)18-17-13(19)9-20-12-5-3-4-11(15)8-12/h3-5,8,10H,6-7,9H2,1-2H3,(H,17,19)(H2,16,18,21). The summed E-state index contributed by atoms with van der Waals surface area (Å²) in [6, 6.07) is 6.85. The van der Waals surface area contributed by atoms with Gasteiger partial charge in [-0.2, -0.15) is 0 Å². The Labute approximate surface area is 135 Å². The minimum atomic E-state index is -0.331. The number of rotatable bonds is 6. The average molecular weight is 330 g/mol. The van der Waals surface area contributed by atoms with Gasteiger partial charge in [-0.3, -0.25) is 15.6 Å². The van der Waals surface area contributed by atoms with Crippen molar-refractivity contribution in [1.82, 2.24) is 16.2 Å². The second-order valence-corrected chi connectivity index (χ2v) is 5.70. The lowest BCUT2D eigenvalue weighted by Crippen LogP contribution is -2.48. The molecule has 0 aliphatic rings. The van der Waals surface area contributed by atoms with Gasteiger partial charge in [0.25, 0.3) is 5.91 Å². The van der Waals surface area contributed by atoms with Crippen LogP contribution in [0.2, 0.25) is 5.02 Å². The molecule has 1 aromatic carbocycles. The third kappa shape index (κ3) is 8.37. The normalized spacial score (nSPS) is 10.1. The fourth-order valence-corrected chi connectivity index (χ4v) is 1.72. The molecule has 0 aliphatic heterocycles. The zero-order chi connectivity index (χ0) is 15.7. The fraction of sp³-hybridized carbons (Fsp3) is 0.429. The van der Waals surface area contributed by atoms with Crippen molar-refractivity contribution < 1.29 is 9.53 Å². The summed E-state index contributed by atoms with van der Waals surface area (Å²) in [7, 11) is 0. The Hall–Kier alpha value is -1.53. The first-order valence-corrected chi connectivity index (χ1v) is 7.47. The molecular weight excluding hydrogens is 310 g/mol. The summed E-state index contributed by atoms with van der Waals surface area (Å²) in [6.07, 6.45) is 1.01. The quantitative estimate of drug-likeness (QED) is 0.552. The molecule has 3 N–H and O–H groups in total. The highest BCUT2D eigenvalue weighted by molar-refractivity contribution is 7.80. The van der Waals surface area contributed by atoms with Crippen LogP contribution in [-0.4, -0.2) is 24.2 Å². The molecule has 0 spiro atoms. The van der Waals surface area contributed by atoms with Gasteiger partial charge in [0.15, 0.2) is 11.7 Å². The van der Waals surface area contributed by atoms with Gasteiger partial charge in [-0.1, -0.05) is 31.5 Å². The molecule has 7 heteroatoms. The van der Waals surface area contributed by atoms with E-state index in [1.807, 2.05) is 0 Å². The molecule has 0 aromatic heterocycles. The summed E-state index contributed by atoms with van der Waals surface area (Å²) in [4.78, 5) is 11.6. The Morgan fingerprint density at radius 2 is 2.14 bits per heavy atom. The lowest BCUT2D eigenvalue weighted by molar-refractivity contribution is -0.123. The zero-order valence-corrected chi connectivity index (χ0v) is 13.7. The largest absolute Gasteiger partial charge is 0.484 e. The number of ether oxygens (including phenoxy) is 1. The molecule has 1 aromatic rings. The number of amides is 1. The van der Waals surface area contributed by atoms with E-state index in [0.29, 0.717) is 21.8 Å². The van der Waals surface area contributed by atoms with Gasteiger partial charge < -0.3 is 10.1 Å². The number of hydrogen-bond donors (Lipinski definition) is 3. The molecule has 0 bridgehead atoms. The number of halogens is 1. The molecule has 0 heterocycles. The molecule has 0 radical (unpaired) electrons. The van der Waals surface area contributed by atoms with Crippen molar-refractivity contribution in [2.75, 3.05) is 13.2 Å². The van der Waals surface area contributed by atoms with Gasteiger partial charge in [0.05, 0.1) is 0 Å². The molecule has 0 saturated heterocycles. The van der Waals surface area contributed by atoms with E-state index in [1.54, 1.807) is 24.3 Å². The van der Waals surface area contributed by atoms with E-state index < -0.39 is 0 Å². The molecule has 116 valence electrons. The summed E-state index contributed by atoms with van der Waals surface area (Å²) in [5, 5.41) is 3.94. The highest BCUT2D eigenvalue weighted by atomic mass is 35.5. The maximum Gasteiger partial charge on any atom is 0.276 e. The Morgan fingerprint density at radius 1 is 1.38 bits per heavy atom. The molecule has 1 rings (SSSR count). The summed E-state index contributed by atoms with van der Waals surface area (Å²) in [6.45, 7) is 4.90. The lowest BCUT2D eigenvalue weighted by atomic mass is 10.1. The summed E-state index contributed by atoms with van der Waals surface area (Å²) < 4.78 is 5.29. The van der Waals surface area contributed by atoms with Gasteiger partial charge in [-0.05, 0) is 42.8 Å². The number of nitrogens with one attached hydrogen (secondary N) is 3. The molecule has 0 unspecified atom stereocenters. The Kier molecular flexibility index (Phi) is 7.85. The van der Waals surface area contributed by atoms with Crippen LogP contribution in [0.5, 0.6) is 5.75 Å². The minimum absolute atomic E-state index is 0.123. The van der Waals surface area contributed by atoms with Gasteiger partial charge in [0, 0.05) is 11.6 Å². The van der Waals surface area contributed by atoms with E-state index in [2.05, 4.69) is 30.0 Å². The van der Waals surface area contributed by atoms with Crippen molar-refractivity contribution in [2.45, 2.75) is 20.3 Å². The van der Waals surface area contributed by atoms with E-state index in [1.165, 1.54) is 0 Å². The third-order valence-electron chi connectivity index (χ3n) is 2.49. The molecule has 0 fully saturated rings. The second kappa shape index (κ2) is 9.41. The monoisotopic (exact) mass is 329 g/mol. The first kappa shape index (κ1) is 17.5. The van der Waals surface area contributed by atoms with Crippen LogP contribution >= 0.6 is 23.8 Å². The Morgan fingerprint density at radius 3 is 2.81 bits per heavy atom. The van der Waals surface area contributed by atoms with Crippen LogP contribution in [0.4, 0.5) is 0 Å². The van der Waals surface area contributed by atoms with Crippen molar-refractivity contribution in [3.05, 3.63) is 29.3 Å². The number of benzene rings is 1. The van der Waals surface area contributed by atoms with Crippen molar-refractivity contribution >= 4 is 34.8 Å². The lowest BCUT2D eigenvalue weighted by Gasteiger charge is -2.12. The molecule has 1 amide bonds.